The Bertz CT molecular complexity index is 560. The van der Waals surface area contributed by atoms with Crippen molar-refractivity contribution in [3.63, 3.8) is 0 Å². The van der Waals surface area contributed by atoms with Crippen LogP contribution in [-0.2, 0) is 0 Å². The van der Waals surface area contributed by atoms with Gasteiger partial charge in [-0.1, -0.05) is 24.3 Å². The topological polar surface area (TPSA) is 35.5 Å². The van der Waals surface area contributed by atoms with Crippen LogP contribution in [0.3, 0.4) is 0 Å². The molecule has 3 rings (SSSR count). The fraction of sp³-hybridized carbons (Fsp3) is 0.154. The third kappa shape index (κ3) is 1.70. The summed E-state index contributed by atoms with van der Waals surface area (Å²) in [5, 5.41) is 1.92. The summed E-state index contributed by atoms with van der Waals surface area (Å²) in [5.74, 6) is 1.53. The van der Waals surface area contributed by atoms with Crippen molar-refractivity contribution >= 4 is 17.6 Å². The van der Waals surface area contributed by atoms with Gasteiger partial charge in [-0.05, 0) is 0 Å². The monoisotopic (exact) mass is 246 g/mol. The lowest BCUT2D eigenvalue weighted by molar-refractivity contribution is 0.112. The predicted octanol–water partition coefficient (Wildman–Crippen LogP) is 3.00. The Morgan fingerprint density at radius 3 is 2.88 bits per heavy atom. The van der Waals surface area contributed by atoms with Gasteiger partial charge < -0.3 is 9.47 Å². The first-order valence-corrected chi connectivity index (χ1v) is 6.20. The Balaban J connectivity index is 2.15. The average Bonchev–Trinajstić information content (AvgIpc) is 2.82. The fourth-order valence-electron chi connectivity index (χ4n) is 1.86. The summed E-state index contributed by atoms with van der Waals surface area (Å²) in [6, 6.07) is 7.49. The van der Waals surface area contributed by atoms with Gasteiger partial charge in [0.25, 0.3) is 0 Å². The molecule has 2 heterocycles. The van der Waals surface area contributed by atoms with Gasteiger partial charge in [0.2, 0.25) is 0 Å². The van der Waals surface area contributed by atoms with Gasteiger partial charge in [-0.3, -0.25) is 4.79 Å². The maximum atomic E-state index is 11.0. The van der Waals surface area contributed by atoms with Gasteiger partial charge in [0.05, 0.1) is 4.88 Å². The number of ether oxygens (including phenoxy) is 2. The number of aldehydes is 1. The lowest BCUT2D eigenvalue weighted by Gasteiger charge is -2.16. The molecule has 17 heavy (non-hydrogen) atoms. The van der Waals surface area contributed by atoms with E-state index < -0.39 is 0 Å². The fourth-order valence-corrected chi connectivity index (χ4v) is 2.83. The molecule has 0 unspecified atom stereocenters. The van der Waals surface area contributed by atoms with Crippen molar-refractivity contribution in [3.8, 4) is 21.9 Å². The molecule has 0 aliphatic carbocycles. The van der Waals surface area contributed by atoms with Crippen LogP contribution in [-0.4, -0.2) is 19.5 Å². The maximum Gasteiger partial charge on any atom is 0.179 e. The predicted molar refractivity (Wildman–Crippen MR) is 66.1 cm³/mol. The zero-order chi connectivity index (χ0) is 11.7. The summed E-state index contributed by atoms with van der Waals surface area (Å²) in [6.07, 6.45) is 0.866. The third-order valence-electron chi connectivity index (χ3n) is 2.63. The molecule has 1 aromatic heterocycles. The van der Waals surface area contributed by atoms with Gasteiger partial charge in [-0.25, -0.2) is 0 Å². The molecule has 0 saturated heterocycles. The van der Waals surface area contributed by atoms with Crippen LogP contribution in [0.2, 0.25) is 0 Å². The Morgan fingerprint density at radius 1 is 1.18 bits per heavy atom. The van der Waals surface area contributed by atoms with Crippen LogP contribution in [0.15, 0.2) is 29.6 Å². The molecule has 4 heteroatoms. The second-order valence-electron chi connectivity index (χ2n) is 3.66. The molecule has 1 aliphatic heterocycles. The van der Waals surface area contributed by atoms with Crippen molar-refractivity contribution in [2.24, 2.45) is 0 Å². The van der Waals surface area contributed by atoms with E-state index in [4.69, 9.17) is 9.47 Å². The lowest BCUT2D eigenvalue weighted by atomic mass is 10.1. The van der Waals surface area contributed by atoms with Crippen molar-refractivity contribution in [2.75, 3.05) is 13.2 Å². The Morgan fingerprint density at radius 2 is 2.00 bits per heavy atom. The molecule has 2 aromatic rings. The van der Waals surface area contributed by atoms with Crippen LogP contribution in [0.25, 0.3) is 10.4 Å². The molecule has 0 fully saturated rings. The summed E-state index contributed by atoms with van der Waals surface area (Å²) in [4.78, 5) is 12.0. The van der Waals surface area contributed by atoms with E-state index in [0.29, 0.717) is 18.8 Å². The number of carbonyl (C=O) groups excluding carboxylic acids is 1. The van der Waals surface area contributed by atoms with Crippen LogP contribution in [0.4, 0.5) is 0 Å². The molecule has 1 aliphatic rings. The molecule has 0 amide bonds. The molecule has 0 N–H and O–H groups in total. The van der Waals surface area contributed by atoms with Crippen LogP contribution in [0, 0.1) is 0 Å². The van der Waals surface area contributed by atoms with Crippen molar-refractivity contribution in [3.05, 3.63) is 35.2 Å². The van der Waals surface area contributed by atoms with E-state index in [1.807, 2.05) is 23.6 Å². The van der Waals surface area contributed by atoms with Gasteiger partial charge >= 0.3 is 0 Å². The van der Waals surface area contributed by atoms with Crippen molar-refractivity contribution < 1.29 is 14.3 Å². The van der Waals surface area contributed by atoms with Crippen LogP contribution in [0.1, 0.15) is 10.4 Å². The summed E-state index contributed by atoms with van der Waals surface area (Å²) >= 11 is 1.54. The van der Waals surface area contributed by atoms with Crippen molar-refractivity contribution in [2.45, 2.75) is 0 Å². The highest BCUT2D eigenvalue weighted by molar-refractivity contribution is 7.14. The Kier molecular flexibility index (Phi) is 2.57. The van der Waals surface area contributed by atoms with E-state index in [0.717, 1.165) is 28.2 Å². The van der Waals surface area contributed by atoms with E-state index in [9.17, 15) is 4.79 Å². The number of rotatable bonds is 2. The van der Waals surface area contributed by atoms with Gasteiger partial charge in [-0.2, -0.15) is 0 Å². The largest absolute Gasteiger partial charge is 0.485 e. The minimum absolute atomic E-state index is 0.556. The number of benzene rings is 1. The molecule has 0 saturated carbocycles. The molecular weight excluding hydrogens is 236 g/mol. The van der Waals surface area contributed by atoms with Gasteiger partial charge in [-0.15, -0.1) is 11.3 Å². The Hall–Kier alpha value is -1.81. The zero-order valence-electron chi connectivity index (χ0n) is 9.01. The molecular formula is C13H10O3S. The highest BCUT2D eigenvalue weighted by Crippen LogP contribution is 2.46. The number of hydrogen-bond donors (Lipinski definition) is 0. The molecule has 0 bridgehead atoms. The number of thiophene rings is 1. The standard InChI is InChI=1S/C13H10O3S/c14-7-9-3-1-2-4-10(9)13-12-11(8-17-13)15-5-6-16-12/h1-4,7-8H,5-6H2. The first kappa shape index (κ1) is 10.4. The lowest BCUT2D eigenvalue weighted by Crippen LogP contribution is -2.14. The Labute approximate surface area is 103 Å². The second-order valence-corrected chi connectivity index (χ2v) is 4.54. The van der Waals surface area contributed by atoms with E-state index in [1.54, 1.807) is 6.07 Å². The van der Waals surface area contributed by atoms with Crippen LogP contribution >= 0.6 is 11.3 Å². The first-order chi connectivity index (χ1) is 8.40. The minimum Gasteiger partial charge on any atom is -0.485 e. The van der Waals surface area contributed by atoms with E-state index in [-0.39, 0.29) is 0 Å². The molecule has 1 aromatic carbocycles. The molecule has 0 spiro atoms. The highest BCUT2D eigenvalue weighted by atomic mass is 32.1. The van der Waals surface area contributed by atoms with E-state index in [2.05, 4.69) is 0 Å². The molecule has 86 valence electrons. The van der Waals surface area contributed by atoms with Crippen molar-refractivity contribution in [1.82, 2.24) is 0 Å². The number of fused-ring (bicyclic) bond motifs is 1. The third-order valence-corrected chi connectivity index (χ3v) is 3.61. The molecule has 0 radical (unpaired) electrons. The van der Waals surface area contributed by atoms with Gasteiger partial charge in [0.1, 0.15) is 13.2 Å². The van der Waals surface area contributed by atoms with Gasteiger partial charge in [0, 0.05) is 16.5 Å². The summed E-state index contributed by atoms with van der Waals surface area (Å²) in [6.45, 7) is 1.14. The molecule has 0 atom stereocenters. The van der Waals surface area contributed by atoms with Gasteiger partial charge in [0.15, 0.2) is 17.8 Å². The minimum atomic E-state index is 0.556. The second kappa shape index (κ2) is 4.22. The zero-order valence-corrected chi connectivity index (χ0v) is 9.83. The van der Waals surface area contributed by atoms with E-state index >= 15 is 0 Å². The van der Waals surface area contributed by atoms with Crippen LogP contribution in [0.5, 0.6) is 11.5 Å². The first-order valence-electron chi connectivity index (χ1n) is 5.32. The molecule has 3 nitrogen and oxygen atoms in total. The quantitative estimate of drug-likeness (QED) is 0.764. The smallest absolute Gasteiger partial charge is 0.179 e. The van der Waals surface area contributed by atoms with Crippen LogP contribution < -0.4 is 9.47 Å². The van der Waals surface area contributed by atoms with Crippen molar-refractivity contribution in [1.29, 1.82) is 0 Å². The summed E-state index contributed by atoms with van der Waals surface area (Å²) < 4.78 is 11.1. The summed E-state index contributed by atoms with van der Waals surface area (Å²) in [5.41, 5.74) is 1.57. The SMILES string of the molecule is O=Cc1ccccc1-c1scc2c1OCCO2. The summed E-state index contributed by atoms with van der Waals surface area (Å²) in [7, 11) is 0. The number of carbonyl (C=O) groups is 1. The maximum absolute atomic E-state index is 11.0. The highest BCUT2D eigenvalue weighted by Gasteiger charge is 2.20. The number of hydrogen-bond acceptors (Lipinski definition) is 4. The van der Waals surface area contributed by atoms with E-state index in [1.165, 1.54) is 11.3 Å². The average molecular weight is 246 g/mol. The normalized spacial score (nSPS) is 13.4.